The number of thioether (sulfide) groups is 1. The van der Waals surface area contributed by atoms with Crippen LogP contribution in [0.2, 0.25) is 4.34 Å². The van der Waals surface area contributed by atoms with Crippen LogP contribution in [0.25, 0.3) is 0 Å². The number of rotatable bonds is 5. The summed E-state index contributed by atoms with van der Waals surface area (Å²) in [6.07, 6.45) is 1.64. The summed E-state index contributed by atoms with van der Waals surface area (Å²) in [5.74, 6) is 1.63. The van der Waals surface area contributed by atoms with Crippen LogP contribution in [0.4, 0.5) is 0 Å². The van der Waals surface area contributed by atoms with Crippen LogP contribution < -0.4 is 0 Å². The van der Waals surface area contributed by atoms with E-state index in [2.05, 4.69) is 15.5 Å². The Hall–Kier alpha value is -1.31. The molecule has 0 radical (unpaired) electrons. The third-order valence-corrected chi connectivity index (χ3v) is 4.78. The van der Waals surface area contributed by atoms with Crippen LogP contribution in [0.15, 0.2) is 40.1 Å². The molecule has 0 saturated carbocycles. The Morgan fingerprint density at radius 1 is 1.37 bits per heavy atom. The van der Waals surface area contributed by atoms with Gasteiger partial charge in [-0.05, 0) is 34.7 Å². The average molecular weight is 313 g/mol. The Morgan fingerprint density at radius 2 is 2.32 bits per heavy atom. The normalized spacial score (nSPS) is 11.0. The molecule has 3 rings (SSSR count). The zero-order chi connectivity index (χ0) is 13.1. The van der Waals surface area contributed by atoms with Crippen LogP contribution in [0, 0.1) is 0 Å². The smallest absolute Gasteiger partial charge is 0.210 e. The quantitative estimate of drug-likeness (QED) is 0.676. The lowest BCUT2D eigenvalue weighted by Crippen LogP contribution is -2.02. The molecule has 98 valence electrons. The standard InChI is InChI=1S/C11H9ClN4OS2/c12-10-4-3-9(19-10)7-18-11-13-14-15-16(11)6-8-2-1-5-17-8/h1-5H,6-7H2. The summed E-state index contributed by atoms with van der Waals surface area (Å²) in [7, 11) is 0. The van der Waals surface area contributed by atoms with E-state index < -0.39 is 0 Å². The van der Waals surface area contributed by atoms with Crippen LogP contribution in [0.5, 0.6) is 0 Å². The third kappa shape index (κ3) is 3.17. The van der Waals surface area contributed by atoms with E-state index in [0.717, 1.165) is 21.0 Å². The van der Waals surface area contributed by atoms with Crippen molar-refractivity contribution >= 4 is 34.7 Å². The molecule has 0 aromatic carbocycles. The fourth-order valence-corrected chi connectivity index (χ4v) is 3.52. The molecule has 0 aliphatic carbocycles. The molecular formula is C11H9ClN4OS2. The second kappa shape index (κ2) is 5.77. The van der Waals surface area contributed by atoms with E-state index in [1.807, 2.05) is 24.3 Å². The van der Waals surface area contributed by atoms with Crippen molar-refractivity contribution in [3.63, 3.8) is 0 Å². The minimum atomic E-state index is 0.535. The van der Waals surface area contributed by atoms with Gasteiger partial charge in [0.05, 0.1) is 10.6 Å². The summed E-state index contributed by atoms with van der Waals surface area (Å²) in [5, 5.41) is 12.4. The maximum atomic E-state index is 5.90. The van der Waals surface area contributed by atoms with E-state index in [4.69, 9.17) is 16.0 Å². The van der Waals surface area contributed by atoms with Crippen molar-refractivity contribution in [1.29, 1.82) is 0 Å². The first-order valence-electron chi connectivity index (χ1n) is 5.47. The minimum absolute atomic E-state index is 0.535. The Labute approximate surface area is 122 Å². The molecule has 0 fully saturated rings. The molecule has 0 atom stereocenters. The van der Waals surface area contributed by atoms with Crippen molar-refractivity contribution in [1.82, 2.24) is 20.2 Å². The largest absolute Gasteiger partial charge is 0.467 e. The van der Waals surface area contributed by atoms with Crippen LogP contribution >= 0.6 is 34.7 Å². The highest BCUT2D eigenvalue weighted by Crippen LogP contribution is 2.27. The van der Waals surface area contributed by atoms with Gasteiger partial charge in [0.15, 0.2) is 0 Å². The number of aromatic nitrogens is 4. The van der Waals surface area contributed by atoms with Gasteiger partial charge in [0.1, 0.15) is 12.3 Å². The van der Waals surface area contributed by atoms with Crippen molar-refractivity contribution in [2.75, 3.05) is 0 Å². The highest BCUT2D eigenvalue weighted by atomic mass is 35.5. The Balaban J connectivity index is 1.66. The molecular weight excluding hydrogens is 304 g/mol. The van der Waals surface area contributed by atoms with Gasteiger partial charge in [-0.2, -0.15) is 0 Å². The zero-order valence-corrected chi connectivity index (χ0v) is 12.1. The highest BCUT2D eigenvalue weighted by molar-refractivity contribution is 7.98. The molecule has 8 heteroatoms. The summed E-state index contributed by atoms with van der Waals surface area (Å²) in [6, 6.07) is 7.66. The van der Waals surface area contributed by atoms with Crippen molar-refractivity contribution in [3.8, 4) is 0 Å². The van der Waals surface area contributed by atoms with Crippen LogP contribution in [0.1, 0.15) is 10.6 Å². The third-order valence-electron chi connectivity index (χ3n) is 2.36. The maximum Gasteiger partial charge on any atom is 0.210 e. The molecule has 0 aliphatic heterocycles. The van der Waals surface area contributed by atoms with Gasteiger partial charge in [-0.15, -0.1) is 16.4 Å². The number of nitrogens with zero attached hydrogens (tertiary/aromatic N) is 4. The van der Waals surface area contributed by atoms with Crippen molar-refractivity contribution in [3.05, 3.63) is 45.5 Å². The Bertz CT molecular complexity index is 649. The van der Waals surface area contributed by atoms with Gasteiger partial charge in [-0.1, -0.05) is 23.4 Å². The summed E-state index contributed by atoms with van der Waals surface area (Å²) >= 11 is 9.05. The number of hydrogen-bond acceptors (Lipinski definition) is 6. The van der Waals surface area contributed by atoms with Gasteiger partial charge >= 0.3 is 0 Å². The number of tetrazole rings is 1. The molecule has 0 saturated heterocycles. The maximum absolute atomic E-state index is 5.90. The molecule has 0 spiro atoms. The van der Waals surface area contributed by atoms with Crippen LogP contribution in [-0.4, -0.2) is 20.2 Å². The molecule has 3 aromatic rings. The summed E-state index contributed by atoms with van der Waals surface area (Å²) < 4.78 is 7.80. The zero-order valence-electron chi connectivity index (χ0n) is 9.69. The molecule has 19 heavy (non-hydrogen) atoms. The van der Waals surface area contributed by atoms with Crippen molar-refractivity contribution < 1.29 is 4.42 Å². The Kier molecular flexibility index (Phi) is 3.86. The lowest BCUT2D eigenvalue weighted by molar-refractivity contribution is 0.462. The number of furan rings is 1. The van der Waals surface area contributed by atoms with Gasteiger partial charge in [-0.3, -0.25) is 0 Å². The van der Waals surface area contributed by atoms with Crippen LogP contribution in [-0.2, 0) is 12.3 Å². The number of halogens is 1. The predicted octanol–water partition coefficient (Wildman–Crippen LogP) is 3.32. The summed E-state index contributed by atoms with van der Waals surface area (Å²) in [6.45, 7) is 0.535. The van der Waals surface area contributed by atoms with Gasteiger partial charge in [0.25, 0.3) is 0 Å². The van der Waals surface area contributed by atoms with E-state index in [1.165, 1.54) is 4.88 Å². The van der Waals surface area contributed by atoms with E-state index >= 15 is 0 Å². The first-order chi connectivity index (χ1) is 9.31. The van der Waals surface area contributed by atoms with Crippen molar-refractivity contribution in [2.24, 2.45) is 0 Å². The topological polar surface area (TPSA) is 56.7 Å². The molecule has 3 heterocycles. The average Bonchev–Trinajstić information content (AvgIpc) is 3.10. The summed E-state index contributed by atoms with van der Waals surface area (Å²) in [4.78, 5) is 1.20. The monoisotopic (exact) mass is 312 g/mol. The molecule has 3 aromatic heterocycles. The van der Waals surface area contributed by atoms with E-state index in [-0.39, 0.29) is 0 Å². The van der Waals surface area contributed by atoms with Gasteiger partial charge in [0, 0.05) is 10.6 Å². The molecule has 0 amide bonds. The molecule has 0 aliphatic rings. The first-order valence-corrected chi connectivity index (χ1v) is 7.65. The molecule has 5 nitrogen and oxygen atoms in total. The molecule has 0 bridgehead atoms. The van der Waals surface area contributed by atoms with Gasteiger partial charge in [-0.25, -0.2) is 4.68 Å². The van der Waals surface area contributed by atoms with E-state index in [0.29, 0.717) is 6.54 Å². The molecule has 0 unspecified atom stereocenters. The first kappa shape index (κ1) is 12.7. The second-order valence-electron chi connectivity index (χ2n) is 3.69. The Morgan fingerprint density at radius 3 is 3.05 bits per heavy atom. The molecule has 0 N–H and O–H groups in total. The SMILES string of the molecule is Clc1ccc(CSc2nnnn2Cc2ccco2)s1. The van der Waals surface area contributed by atoms with Gasteiger partial charge < -0.3 is 4.42 Å². The predicted molar refractivity (Wildman–Crippen MR) is 74.5 cm³/mol. The fourth-order valence-electron chi connectivity index (χ4n) is 1.51. The second-order valence-corrected chi connectivity index (χ2v) is 6.44. The van der Waals surface area contributed by atoms with E-state index in [1.54, 1.807) is 34.0 Å². The lowest BCUT2D eigenvalue weighted by Gasteiger charge is -2.01. The van der Waals surface area contributed by atoms with E-state index in [9.17, 15) is 0 Å². The van der Waals surface area contributed by atoms with Crippen LogP contribution in [0.3, 0.4) is 0 Å². The minimum Gasteiger partial charge on any atom is -0.467 e. The highest BCUT2D eigenvalue weighted by Gasteiger charge is 2.09. The van der Waals surface area contributed by atoms with Gasteiger partial charge in [0.2, 0.25) is 5.16 Å². The van der Waals surface area contributed by atoms with Crippen molar-refractivity contribution in [2.45, 2.75) is 17.5 Å². The number of hydrogen-bond donors (Lipinski definition) is 0. The summed E-state index contributed by atoms with van der Waals surface area (Å²) in [5.41, 5.74) is 0. The fraction of sp³-hybridized carbons (Fsp3) is 0.182. The number of thiophene rings is 1. The lowest BCUT2D eigenvalue weighted by atomic mass is 10.4.